The van der Waals surface area contributed by atoms with Gasteiger partial charge in [0.15, 0.2) is 0 Å². The summed E-state index contributed by atoms with van der Waals surface area (Å²) in [5.41, 5.74) is 9.84. The number of anilines is 1. The van der Waals surface area contributed by atoms with Gasteiger partial charge in [0.2, 0.25) is 0 Å². The highest BCUT2D eigenvalue weighted by Gasteiger charge is 2.24. The van der Waals surface area contributed by atoms with Gasteiger partial charge in [-0.05, 0) is 63.4 Å². The highest BCUT2D eigenvalue weighted by atomic mass is 15.0. The maximum atomic E-state index is 4.62. The number of aromatic nitrogens is 1. The zero-order chi connectivity index (χ0) is 26.8. The van der Waals surface area contributed by atoms with Crippen LogP contribution in [0.25, 0.3) is 22.0 Å². The maximum Gasteiger partial charge on any atom is 0.112 e. The average molecular weight is 499 g/mol. The van der Waals surface area contributed by atoms with Crippen molar-refractivity contribution < 1.29 is 4.57 Å². The van der Waals surface area contributed by atoms with Gasteiger partial charge in [0.25, 0.3) is 0 Å². The number of rotatable bonds is 7. The summed E-state index contributed by atoms with van der Waals surface area (Å²) in [7, 11) is 4.62. The van der Waals surface area contributed by atoms with E-state index >= 15 is 0 Å². The minimum Gasteiger partial charge on any atom is -0.379 e. The fourth-order valence-corrected chi connectivity index (χ4v) is 5.62. The number of pyridine rings is 1. The van der Waals surface area contributed by atoms with Crippen LogP contribution in [0.1, 0.15) is 73.5 Å². The molecule has 0 saturated carbocycles. The lowest BCUT2D eigenvalue weighted by molar-refractivity contribution is -0.610. The quantitative estimate of drug-likeness (QED) is 0.175. The van der Waals surface area contributed by atoms with Crippen LogP contribution >= 0.6 is 0 Å². The van der Waals surface area contributed by atoms with Gasteiger partial charge in [-0.2, -0.15) is 0 Å². The first kappa shape index (κ1) is 25.6. The zero-order valence-electron chi connectivity index (χ0n) is 23.2. The molecule has 4 aromatic carbocycles. The Hall–Kier alpha value is -4.04. The molecule has 1 N–H and O–H groups in total. The Balaban J connectivity index is 1.74. The predicted octanol–water partition coefficient (Wildman–Crippen LogP) is 9.19. The molecule has 2 nitrogen and oxygen atoms in total. The van der Waals surface area contributed by atoms with Crippen molar-refractivity contribution >= 4 is 16.5 Å². The van der Waals surface area contributed by atoms with E-state index in [2.05, 4.69) is 155 Å². The van der Waals surface area contributed by atoms with E-state index in [0.717, 1.165) is 11.4 Å². The number of nitrogens with one attached hydrogen (secondary N) is 1. The summed E-state index contributed by atoms with van der Waals surface area (Å²) in [4.78, 5) is 0. The molecule has 5 aromatic rings. The van der Waals surface area contributed by atoms with Gasteiger partial charge in [-0.3, -0.25) is 0 Å². The van der Waals surface area contributed by atoms with E-state index < -0.39 is 0 Å². The summed E-state index contributed by atoms with van der Waals surface area (Å²) >= 11 is 0. The van der Waals surface area contributed by atoms with Crippen molar-refractivity contribution in [1.82, 2.24) is 0 Å². The van der Waals surface area contributed by atoms with Crippen LogP contribution in [0.3, 0.4) is 0 Å². The van der Waals surface area contributed by atoms with Gasteiger partial charge in [-0.15, -0.1) is 0 Å². The number of hydrogen-bond acceptors (Lipinski definition) is 1. The summed E-state index contributed by atoms with van der Waals surface area (Å²) in [5.74, 6) is 0.809. The Labute approximate surface area is 228 Å². The molecule has 0 aliphatic rings. The van der Waals surface area contributed by atoms with E-state index in [9.17, 15) is 0 Å². The molecule has 0 radical (unpaired) electrons. The number of fused-ring (bicyclic) bond motifs is 1. The molecule has 0 bridgehead atoms. The predicted molar refractivity (Wildman–Crippen MR) is 162 cm³/mol. The van der Waals surface area contributed by atoms with Crippen molar-refractivity contribution in [3.63, 3.8) is 0 Å². The third-order valence-corrected chi connectivity index (χ3v) is 7.63. The fraction of sp³-hybridized carbons (Fsp3) is 0.222. The Morgan fingerprint density at radius 2 is 1.24 bits per heavy atom. The normalized spacial score (nSPS) is 12.3. The summed E-state index contributed by atoms with van der Waals surface area (Å²) in [6.07, 6.45) is 0. The third-order valence-electron chi connectivity index (χ3n) is 7.63. The van der Waals surface area contributed by atoms with Gasteiger partial charge in [0.05, 0.1) is 6.04 Å². The molecule has 2 heteroatoms. The van der Waals surface area contributed by atoms with Crippen molar-refractivity contribution in [3.05, 3.63) is 138 Å². The first-order valence-electron chi connectivity index (χ1n) is 13.7. The highest BCUT2D eigenvalue weighted by Crippen LogP contribution is 2.36. The molecule has 192 valence electrons. The number of hydrogen-bond donors (Lipinski definition) is 1. The fourth-order valence-electron chi connectivity index (χ4n) is 5.62. The molecule has 0 amide bonds. The van der Waals surface area contributed by atoms with Gasteiger partial charge in [0.1, 0.15) is 11.4 Å². The van der Waals surface area contributed by atoms with E-state index in [-0.39, 0.29) is 6.04 Å². The molecule has 1 heterocycles. The molecule has 0 aliphatic carbocycles. The summed E-state index contributed by atoms with van der Waals surface area (Å²) in [5, 5.41) is 6.49. The van der Waals surface area contributed by atoms with Gasteiger partial charge < -0.3 is 9.88 Å². The first-order valence-corrected chi connectivity index (χ1v) is 13.7. The second kappa shape index (κ2) is 10.8. The van der Waals surface area contributed by atoms with Crippen molar-refractivity contribution in [2.75, 3.05) is 5.32 Å². The standard InChI is InChI=1S/C36H38N2/c1-24(2)28-17-9-10-19-32(28)36(37-35-26(5)14-11-20-29(35)25(3)4)34-23-13-22-33(38(34)6)31-21-12-16-27-15-7-8-18-30(27)31/h7-25,36-37H,6H2,1-5H3. The Kier molecular flexibility index (Phi) is 7.24. The summed E-state index contributed by atoms with van der Waals surface area (Å²) < 4.78 is 2.13. The SMILES string of the molecule is [CH2-][n+]1c(-c2cccc3ccccc23)cccc1C(Nc1c(C)cccc1C(C)C)c1ccccc1C(C)C. The molecule has 1 aromatic heterocycles. The van der Waals surface area contributed by atoms with Gasteiger partial charge >= 0.3 is 0 Å². The lowest BCUT2D eigenvalue weighted by Crippen LogP contribution is -2.38. The monoisotopic (exact) mass is 498 g/mol. The molecular formula is C36H38N2. The van der Waals surface area contributed by atoms with Crippen LogP contribution in [-0.2, 0) is 0 Å². The number of benzene rings is 4. The minimum absolute atomic E-state index is 0.0698. The molecule has 0 aliphatic heterocycles. The topological polar surface area (TPSA) is 15.9 Å². The van der Waals surface area contributed by atoms with Crippen molar-refractivity contribution in [1.29, 1.82) is 0 Å². The van der Waals surface area contributed by atoms with Crippen LogP contribution < -0.4 is 9.88 Å². The largest absolute Gasteiger partial charge is 0.379 e. The highest BCUT2D eigenvalue weighted by molar-refractivity contribution is 5.95. The van der Waals surface area contributed by atoms with Crippen molar-refractivity contribution in [2.45, 2.75) is 52.5 Å². The number of nitrogens with zero attached hydrogens (tertiary/aromatic N) is 1. The van der Waals surface area contributed by atoms with Gasteiger partial charge in [0, 0.05) is 12.7 Å². The van der Waals surface area contributed by atoms with Crippen LogP contribution in [0, 0.1) is 14.0 Å². The third kappa shape index (κ3) is 4.79. The lowest BCUT2D eigenvalue weighted by atomic mass is 9.89. The van der Waals surface area contributed by atoms with Crippen molar-refractivity contribution in [3.8, 4) is 11.3 Å². The average Bonchev–Trinajstić information content (AvgIpc) is 2.92. The summed E-state index contributed by atoms with van der Waals surface area (Å²) in [6.45, 7) is 11.3. The first-order chi connectivity index (χ1) is 18.4. The number of para-hydroxylation sites is 1. The Morgan fingerprint density at radius 1 is 0.632 bits per heavy atom. The minimum atomic E-state index is -0.0698. The molecule has 0 fully saturated rings. The van der Waals surface area contributed by atoms with Crippen LogP contribution in [0.15, 0.2) is 103 Å². The molecule has 5 rings (SSSR count). The van der Waals surface area contributed by atoms with Crippen LogP contribution in [0.5, 0.6) is 0 Å². The van der Waals surface area contributed by atoms with E-state index in [4.69, 9.17) is 0 Å². The van der Waals surface area contributed by atoms with Gasteiger partial charge in [-0.1, -0.05) is 125 Å². The van der Waals surface area contributed by atoms with Crippen LogP contribution in [-0.4, -0.2) is 0 Å². The summed E-state index contributed by atoms with van der Waals surface area (Å²) in [6, 6.07) is 37.0. The molecule has 1 unspecified atom stereocenters. The second-order valence-electron chi connectivity index (χ2n) is 10.8. The maximum absolute atomic E-state index is 4.62. The van der Waals surface area contributed by atoms with E-state index in [1.54, 1.807) is 0 Å². The van der Waals surface area contributed by atoms with Gasteiger partial charge in [-0.25, -0.2) is 0 Å². The molecule has 1 atom stereocenters. The Bertz CT molecular complexity index is 1570. The van der Waals surface area contributed by atoms with Crippen LogP contribution in [0.2, 0.25) is 0 Å². The smallest absolute Gasteiger partial charge is 0.112 e. The molecule has 0 spiro atoms. The van der Waals surface area contributed by atoms with Crippen molar-refractivity contribution in [2.24, 2.45) is 0 Å². The van der Waals surface area contributed by atoms with E-state index in [0.29, 0.717) is 11.8 Å². The number of aryl methyl sites for hydroxylation is 1. The molecular weight excluding hydrogens is 460 g/mol. The second-order valence-corrected chi connectivity index (χ2v) is 10.8. The van der Waals surface area contributed by atoms with E-state index in [1.165, 1.54) is 44.3 Å². The lowest BCUT2D eigenvalue weighted by Gasteiger charge is -2.29. The zero-order valence-corrected chi connectivity index (χ0v) is 23.2. The van der Waals surface area contributed by atoms with Crippen LogP contribution in [0.4, 0.5) is 5.69 Å². The molecule has 38 heavy (non-hydrogen) atoms. The van der Waals surface area contributed by atoms with E-state index in [1.807, 2.05) is 0 Å². The molecule has 0 saturated heterocycles. The Morgan fingerprint density at radius 3 is 2.00 bits per heavy atom.